The van der Waals surface area contributed by atoms with Gasteiger partial charge in [-0.25, -0.2) is 0 Å². The first-order valence-corrected chi connectivity index (χ1v) is 7.98. The van der Waals surface area contributed by atoms with E-state index in [1.54, 1.807) is 33.5 Å². The summed E-state index contributed by atoms with van der Waals surface area (Å²) in [7, 11) is 4.74. The van der Waals surface area contributed by atoms with Crippen LogP contribution in [0.4, 0.5) is 0 Å². The second kappa shape index (κ2) is 5.79. The minimum absolute atomic E-state index is 0.0272. The van der Waals surface area contributed by atoms with Crippen molar-refractivity contribution in [3.63, 3.8) is 0 Å². The minimum atomic E-state index is -0.0742. The summed E-state index contributed by atoms with van der Waals surface area (Å²) in [5.74, 6) is 1.72. The van der Waals surface area contributed by atoms with Crippen molar-refractivity contribution in [3.8, 4) is 17.2 Å². The zero-order chi connectivity index (χ0) is 15.9. The zero-order valence-electron chi connectivity index (χ0n) is 12.5. The van der Waals surface area contributed by atoms with Crippen molar-refractivity contribution in [1.29, 1.82) is 0 Å². The Bertz CT molecular complexity index is 755. The number of fused-ring (bicyclic) bond motifs is 2. The maximum Gasteiger partial charge on any atom is 0.201 e. The normalized spacial score (nSPS) is 15.8. The Hall–Kier alpha value is -1.76. The van der Waals surface area contributed by atoms with E-state index in [1.165, 1.54) is 0 Å². The van der Waals surface area contributed by atoms with E-state index >= 15 is 0 Å². The molecule has 0 fully saturated rings. The standard InChI is InChI=1S/C17H15IO4/c1-20-9-7-11-15(13(8-9)22-3)17(19)14-10(16(11)18)5-4-6-12(14)21-2/h4-8,16H,1-3H3. The van der Waals surface area contributed by atoms with Gasteiger partial charge in [-0.1, -0.05) is 34.7 Å². The summed E-state index contributed by atoms with van der Waals surface area (Å²) in [5, 5.41) is 0. The SMILES string of the molecule is COc1cc(OC)c2c(c1)C(I)c1cccc(OC)c1C2=O. The average molecular weight is 410 g/mol. The Morgan fingerprint density at radius 1 is 0.909 bits per heavy atom. The van der Waals surface area contributed by atoms with Crippen molar-refractivity contribution < 1.29 is 19.0 Å². The number of carbonyl (C=O) groups excluding carboxylic acids is 1. The molecular formula is C17H15IO4. The summed E-state index contributed by atoms with van der Waals surface area (Å²) in [6.07, 6.45) is 0. The molecule has 0 radical (unpaired) electrons. The lowest BCUT2D eigenvalue weighted by molar-refractivity contribution is 0.102. The van der Waals surface area contributed by atoms with E-state index in [0.29, 0.717) is 28.4 Å². The molecule has 1 aliphatic rings. The lowest BCUT2D eigenvalue weighted by atomic mass is 9.83. The summed E-state index contributed by atoms with van der Waals surface area (Å²) in [4.78, 5) is 13.0. The van der Waals surface area contributed by atoms with Crippen LogP contribution in [0.15, 0.2) is 30.3 Å². The fraction of sp³-hybridized carbons (Fsp3) is 0.235. The molecule has 0 amide bonds. The van der Waals surface area contributed by atoms with Crippen LogP contribution in [-0.4, -0.2) is 27.1 Å². The van der Waals surface area contributed by atoms with Gasteiger partial charge in [-0.2, -0.15) is 0 Å². The van der Waals surface area contributed by atoms with Gasteiger partial charge in [-0.05, 0) is 23.3 Å². The van der Waals surface area contributed by atoms with Crippen LogP contribution in [0.1, 0.15) is 31.0 Å². The highest BCUT2D eigenvalue weighted by molar-refractivity contribution is 14.1. The molecule has 0 aromatic heterocycles. The molecule has 0 saturated carbocycles. The Morgan fingerprint density at radius 2 is 1.59 bits per heavy atom. The van der Waals surface area contributed by atoms with Crippen molar-refractivity contribution in [1.82, 2.24) is 0 Å². The highest BCUT2D eigenvalue weighted by atomic mass is 127. The predicted octanol–water partition coefficient (Wildman–Crippen LogP) is 3.78. The molecule has 5 heteroatoms. The maximum atomic E-state index is 13.0. The molecule has 22 heavy (non-hydrogen) atoms. The largest absolute Gasteiger partial charge is 0.497 e. The van der Waals surface area contributed by atoms with Crippen molar-refractivity contribution >= 4 is 28.4 Å². The monoisotopic (exact) mass is 410 g/mol. The lowest BCUT2D eigenvalue weighted by Crippen LogP contribution is -2.19. The van der Waals surface area contributed by atoms with Crippen LogP contribution < -0.4 is 14.2 Å². The van der Waals surface area contributed by atoms with Gasteiger partial charge in [0.05, 0.1) is 36.4 Å². The summed E-state index contributed by atoms with van der Waals surface area (Å²) >= 11 is 2.33. The summed E-state index contributed by atoms with van der Waals surface area (Å²) in [6.45, 7) is 0. The number of ketones is 1. The molecule has 2 aromatic rings. The first-order chi connectivity index (χ1) is 10.6. The Kier molecular flexibility index (Phi) is 3.99. The molecule has 0 N–H and O–H groups in total. The van der Waals surface area contributed by atoms with Crippen LogP contribution in [0, 0.1) is 0 Å². The highest BCUT2D eigenvalue weighted by Crippen LogP contribution is 2.47. The molecule has 1 aliphatic carbocycles. The van der Waals surface area contributed by atoms with Crippen molar-refractivity contribution in [2.24, 2.45) is 0 Å². The van der Waals surface area contributed by atoms with Gasteiger partial charge in [0.25, 0.3) is 0 Å². The average Bonchev–Trinajstić information content (AvgIpc) is 2.57. The first-order valence-electron chi connectivity index (χ1n) is 6.74. The Balaban J connectivity index is 2.31. The second-order valence-electron chi connectivity index (χ2n) is 4.91. The third kappa shape index (κ3) is 2.15. The van der Waals surface area contributed by atoms with Gasteiger partial charge in [0.1, 0.15) is 17.2 Å². The molecular weight excluding hydrogens is 395 g/mol. The van der Waals surface area contributed by atoms with Crippen LogP contribution in [0.2, 0.25) is 0 Å². The molecule has 2 aromatic carbocycles. The highest BCUT2D eigenvalue weighted by Gasteiger charge is 2.35. The molecule has 0 saturated heterocycles. The first kappa shape index (κ1) is 15.1. The maximum absolute atomic E-state index is 13.0. The molecule has 0 aliphatic heterocycles. The number of carbonyl (C=O) groups is 1. The summed E-state index contributed by atoms with van der Waals surface area (Å²) in [6, 6.07) is 9.30. The number of hydrogen-bond acceptors (Lipinski definition) is 4. The number of ether oxygens (including phenoxy) is 3. The van der Waals surface area contributed by atoms with Crippen LogP contribution in [0.3, 0.4) is 0 Å². The predicted molar refractivity (Wildman–Crippen MR) is 91.8 cm³/mol. The van der Waals surface area contributed by atoms with Gasteiger partial charge in [0.2, 0.25) is 5.78 Å². The molecule has 0 spiro atoms. The molecule has 1 atom stereocenters. The summed E-state index contributed by atoms with van der Waals surface area (Å²) in [5.41, 5.74) is 3.05. The van der Waals surface area contributed by atoms with E-state index in [-0.39, 0.29) is 9.71 Å². The van der Waals surface area contributed by atoms with E-state index < -0.39 is 0 Å². The number of methoxy groups -OCH3 is 3. The lowest BCUT2D eigenvalue weighted by Gasteiger charge is -2.26. The van der Waals surface area contributed by atoms with Gasteiger partial charge in [0.15, 0.2) is 0 Å². The van der Waals surface area contributed by atoms with Gasteiger partial charge in [-0.3, -0.25) is 4.79 Å². The van der Waals surface area contributed by atoms with E-state index in [9.17, 15) is 4.79 Å². The second-order valence-corrected chi connectivity index (χ2v) is 6.16. The van der Waals surface area contributed by atoms with Crippen molar-refractivity contribution in [2.75, 3.05) is 21.3 Å². The third-order valence-electron chi connectivity index (χ3n) is 3.84. The third-order valence-corrected chi connectivity index (χ3v) is 5.18. The molecule has 0 heterocycles. The van der Waals surface area contributed by atoms with Crippen LogP contribution in [0.25, 0.3) is 0 Å². The quantitative estimate of drug-likeness (QED) is 0.571. The van der Waals surface area contributed by atoms with Crippen LogP contribution in [0.5, 0.6) is 17.2 Å². The van der Waals surface area contributed by atoms with Gasteiger partial charge < -0.3 is 14.2 Å². The van der Waals surface area contributed by atoms with E-state index in [4.69, 9.17) is 14.2 Å². The summed E-state index contributed by atoms with van der Waals surface area (Å²) < 4.78 is 16.1. The smallest absolute Gasteiger partial charge is 0.201 e. The van der Waals surface area contributed by atoms with E-state index in [0.717, 1.165) is 11.1 Å². The van der Waals surface area contributed by atoms with Crippen molar-refractivity contribution in [2.45, 2.75) is 3.92 Å². The number of benzene rings is 2. The number of hydrogen-bond donors (Lipinski definition) is 0. The number of rotatable bonds is 3. The molecule has 4 nitrogen and oxygen atoms in total. The Labute approximate surface area is 142 Å². The molecule has 114 valence electrons. The number of alkyl halides is 1. The Morgan fingerprint density at radius 3 is 2.23 bits per heavy atom. The van der Waals surface area contributed by atoms with Gasteiger partial charge in [-0.15, -0.1) is 0 Å². The van der Waals surface area contributed by atoms with Gasteiger partial charge in [0, 0.05) is 6.07 Å². The van der Waals surface area contributed by atoms with Crippen LogP contribution >= 0.6 is 22.6 Å². The fourth-order valence-corrected chi connectivity index (χ4v) is 3.81. The van der Waals surface area contributed by atoms with E-state index in [2.05, 4.69) is 22.6 Å². The van der Waals surface area contributed by atoms with Crippen LogP contribution in [-0.2, 0) is 0 Å². The number of halogens is 1. The molecule has 0 bridgehead atoms. The van der Waals surface area contributed by atoms with E-state index in [1.807, 2.05) is 18.2 Å². The molecule has 3 rings (SSSR count). The fourth-order valence-electron chi connectivity index (χ4n) is 2.80. The minimum Gasteiger partial charge on any atom is -0.497 e. The topological polar surface area (TPSA) is 44.8 Å². The van der Waals surface area contributed by atoms with Gasteiger partial charge >= 0.3 is 0 Å². The van der Waals surface area contributed by atoms with Crippen molar-refractivity contribution in [3.05, 3.63) is 52.6 Å². The molecule has 1 unspecified atom stereocenters. The zero-order valence-corrected chi connectivity index (χ0v) is 14.6.